The number of amides is 1. The van der Waals surface area contributed by atoms with Gasteiger partial charge in [-0.3, -0.25) is 5.32 Å². The normalized spacial score (nSPS) is 19.6. The largest absolute Gasteiger partial charge is 0.448 e. The summed E-state index contributed by atoms with van der Waals surface area (Å²) in [6.45, 7) is 2.25. The van der Waals surface area contributed by atoms with Crippen molar-refractivity contribution in [1.29, 1.82) is 0 Å². The van der Waals surface area contributed by atoms with Crippen molar-refractivity contribution in [2.75, 3.05) is 31.7 Å². The summed E-state index contributed by atoms with van der Waals surface area (Å²) in [6, 6.07) is 0.0366. The van der Waals surface area contributed by atoms with E-state index in [4.69, 9.17) is 9.47 Å². The van der Waals surface area contributed by atoms with E-state index >= 15 is 0 Å². The van der Waals surface area contributed by atoms with E-state index in [2.05, 4.69) is 25.8 Å². The molecule has 1 aromatic heterocycles. The minimum atomic E-state index is -0.584. The Hall–Kier alpha value is -1.80. The number of nitrogens with zero attached hydrogens (tertiary/aromatic N) is 3. The van der Waals surface area contributed by atoms with Crippen molar-refractivity contribution < 1.29 is 14.3 Å². The van der Waals surface area contributed by atoms with Crippen molar-refractivity contribution in [1.82, 2.24) is 20.5 Å². The second-order valence-electron chi connectivity index (χ2n) is 3.44. The fourth-order valence-corrected chi connectivity index (χ4v) is 1.35. The molecule has 92 valence electrons. The number of aromatic nitrogens is 3. The number of hydrogen-bond donors (Lipinski definition) is 2. The van der Waals surface area contributed by atoms with Gasteiger partial charge in [-0.25, -0.2) is 9.78 Å². The summed E-state index contributed by atoms with van der Waals surface area (Å²) in [5, 5.41) is 12.8. The average molecular weight is 239 g/mol. The Bertz CT molecular complexity index is 355. The van der Waals surface area contributed by atoms with Gasteiger partial charge in [-0.15, -0.1) is 10.2 Å². The lowest BCUT2D eigenvalue weighted by Crippen LogP contribution is -2.44. The molecule has 2 rings (SSSR count). The first-order valence-electron chi connectivity index (χ1n) is 5.22. The van der Waals surface area contributed by atoms with Crippen LogP contribution in [0.4, 0.5) is 10.6 Å². The predicted molar refractivity (Wildman–Crippen MR) is 57.4 cm³/mol. The maximum atomic E-state index is 11.4. The summed E-state index contributed by atoms with van der Waals surface area (Å²) < 4.78 is 10.2. The van der Waals surface area contributed by atoms with Crippen LogP contribution in [0.3, 0.4) is 0 Å². The molecule has 1 aliphatic heterocycles. The highest BCUT2D eigenvalue weighted by molar-refractivity contribution is 5.82. The monoisotopic (exact) mass is 239 g/mol. The minimum Gasteiger partial charge on any atom is -0.448 e. The topological polar surface area (TPSA) is 98.3 Å². The van der Waals surface area contributed by atoms with E-state index in [1.165, 1.54) is 12.5 Å². The number of rotatable bonds is 3. The van der Waals surface area contributed by atoms with E-state index in [1.807, 2.05) is 0 Å². The van der Waals surface area contributed by atoms with Crippen LogP contribution in [0.2, 0.25) is 0 Å². The number of morpholine rings is 1. The molecule has 0 bridgehead atoms. The van der Waals surface area contributed by atoms with Gasteiger partial charge < -0.3 is 14.8 Å². The highest BCUT2D eigenvalue weighted by atomic mass is 16.6. The molecule has 2 heterocycles. The van der Waals surface area contributed by atoms with E-state index < -0.39 is 6.09 Å². The van der Waals surface area contributed by atoms with Gasteiger partial charge in [0.15, 0.2) is 5.82 Å². The third-order valence-electron chi connectivity index (χ3n) is 2.12. The van der Waals surface area contributed by atoms with Crippen LogP contribution in [-0.4, -0.2) is 53.7 Å². The number of ether oxygens (including phenoxy) is 2. The molecule has 8 nitrogen and oxygen atoms in total. The molecule has 8 heteroatoms. The zero-order valence-electron chi connectivity index (χ0n) is 9.13. The summed E-state index contributed by atoms with van der Waals surface area (Å²) in [4.78, 5) is 15.1. The molecular weight excluding hydrogens is 226 g/mol. The summed E-state index contributed by atoms with van der Waals surface area (Å²) in [7, 11) is 0. The van der Waals surface area contributed by atoms with Crippen molar-refractivity contribution in [3.05, 3.63) is 12.5 Å². The van der Waals surface area contributed by atoms with Crippen molar-refractivity contribution in [2.45, 2.75) is 6.04 Å². The van der Waals surface area contributed by atoms with Crippen LogP contribution in [0.5, 0.6) is 0 Å². The number of carbonyl (C=O) groups excluding carboxylic acids is 1. The molecule has 0 radical (unpaired) electrons. The highest BCUT2D eigenvalue weighted by Gasteiger charge is 2.15. The first-order valence-corrected chi connectivity index (χ1v) is 5.22. The molecule has 0 aromatic carbocycles. The molecule has 1 aromatic rings. The van der Waals surface area contributed by atoms with E-state index in [9.17, 15) is 4.79 Å². The number of hydrogen-bond acceptors (Lipinski definition) is 7. The molecule has 1 saturated heterocycles. The Balaban J connectivity index is 1.70. The van der Waals surface area contributed by atoms with Crippen LogP contribution in [0.25, 0.3) is 0 Å². The van der Waals surface area contributed by atoms with Gasteiger partial charge in [0.05, 0.1) is 25.5 Å². The maximum Gasteiger partial charge on any atom is 0.412 e. The summed E-state index contributed by atoms with van der Waals surface area (Å²) in [6.07, 6.45) is 2.08. The Morgan fingerprint density at radius 3 is 3.35 bits per heavy atom. The fourth-order valence-electron chi connectivity index (χ4n) is 1.35. The van der Waals surface area contributed by atoms with Crippen molar-refractivity contribution >= 4 is 11.9 Å². The Labute approximate surface area is 97.7 Å². The van der Waals surface area contributed by atoms with E-state index in [0.29, 0.717) is 13.2 Å². The molecule has 1 amide bonds. The maximum absolute atomic E-state index is 11.4. The van der Waals surface area contributed by atoms with Crippen LogP contribution in [-0.2, 0) is 9.47 Å². The van der Waals surface area contributed by atoms with E-state index in [0.717, 1.165) is 6.54 Å². The van der Waals surface area contributed by atoms with Crippen molar-refractivity contribution in [3.63, 3.8) is 0 Å². The van der Waals surface area contributed by atoms with Gasteiger partial charge in [0, 0.05) is 6.54 Å². The van der Waals surface area contributed by atoms with Crippen LogP contribution < -0.4 is 10.6 Å². The minimum absolute atomic E-state index is 0.0366. The molecule has 0 saturated carbocycles. The Morgan fingerprint density at radius 1 is 1.71 bits per heavy atom. The number of nitrogens with one attached hydrogen (secondary N) is 2. The molecule has 0 aliphatic carbocycles. The van der Waals surface area contributed by atoms with Gasteiger partial charge in [0.25, 0.3) is 0 Å². The standard InChI is InChI=1S/C9H13N5O3/c15-9(13-8-3-10-6-12-14-8)17-5-7-4-16-2-1-11-7/h3,6-7,11H,1-2,4-5H2,(H,13,14,15)/t7-/m0/s1. The average Bonchev–Trinajstić information content (AvgIpc) is 2.39. The molecule has 0 spiro atoms. The quantitative estimate of drug-likeness (QED) is 0.727. The Kier molecular flexibility index (Phi) is 4.17. The molecule has 1 atom stereocenters. The molecule has 17 heavy (non-hydrogen) atoms. The smallest absolute Gasteiger partial charge is 0.412 e. The van der Waals surface area contributed by atoms with Crippen LogP contribution in [0.1, 0.15) is 0 Å². The summed E-state index contributed by atoms with van der Waals surface area (Å²) >= 11 is 0. The van der Waals surface area contributed by atoms with E-state index in [1.54, 1.807) is 0 Å². The molecular formula is C9H13N5O3. The van der Waals surface area contributed by atoms with Crippen LogP contribution >= 0.6 is 0 Å². The fraction of sp³-hybridized carbons (Fsp3) is 0.556. The third kappa shape index (κ3) is 3.93. The third-order valence-corrected chi connectivity index (χ3v) is 2.12. The van der Waals surface area contributed by atoms with Gasteiger partial charge in [-0.1, -0.05) is 0 Å². The zero-order valence-corrected chi connectivity index (χ0v) is 9.13. The SMILES string of the molecule is O=C(Nc1cncnn1)OC[C@@H]1COCCN1. The predicted octanol–water partition coefficient (Wildman–Crippen LogP) is -0.592. The summed E-state index contributed by atoms with van der Waals surface area (Å²) in [5.41, 5.74) is 0. The first kappa shape index (κ1) is 11.7. The molecule has 2 N–H and O–H groups in total. The van der Waals surface area contributed by atoms with Crippen LogP contribution in [0.15, 0.2) is 12.5 Å². The number of carbonyl (C=O) groups is 1. The van der Waals surface area contributed by atoms with Crippen molar-refractivity contribution in [3.8, 4) is 0 Å². The van der Waals surface area contributed by atoms with Gasteiger partial charge in [-0.2, -0.15) is 0 Å². The number of anilines is 1. The highest BCUT2D eigenvalue weighted by Crippen LogP contribution is 1.98. The second-order valence-corrected chi connectivity index (χ2v) is 3.44. The first-order chi connectivity index (χ1) is 8.34. The van der Waals surface area contributed by atoms with Gasteiger partial charge in [0.1, 0.15) is 12.9 Å². The molecule has 1 fully saturated rings. The lowest BCUT2D eigenvalue weighted by molar-refractivity contribution is 0.0494. The van der Waals surface area contributed by atoms with Gasteiger partial charge >= 0.3 is 6.09 Å². The van der Waals surface area contributed by atoms with Crippen molar-refractivity contribution in [2.24, 2.45) is 0 Å². The lowest BCUT2D eigenvalue weighted by atomic mass is 10.3. The summed E-state index contributed by atoms with van der Waals surface area (Å²) in [5.74, 6) is 0.255. The van der Waals surface area contributed by atoms with Gasteiger partial charge in [-0.05, 0) is 0 Å². The molecule has 1 aliphatic rings. The second kappa shape index (κ2) is 6.06. The van der Waals surface area contributed by atoms with Crippen LogP contribution in [0, 0.1) is 0 Å². The van der Waals surface area contributed by atoms with Gasteiger partial charge in [0.2, 0.25) is 0 Å². The zero-order chi connectivity index (χ0) is 11.9. The van der Waals surface area contributed by atoms with E-state index in [-0.39, 0.29) is 18.5 Å². The lowest BCUT2D eigenvalue weighted by Gasteiger charge is -2.23. The Morgan fingerprint density at radius 2 is 2.65 bits per heavy atom. The molecule has 0 unspecified atom stereocenters.